The molecule has 4 rings (SSSR count). The summed E-state index contributed by atoms with van der Waals surface area (Å²) < 4.78 is 20.0. The molecule has 2 heterocycles. The molecule has 23 heavy (non-hydrogen) atoms. The number of hydrogen-bond acceptors (Lipinski definition) is 5. The van der Waals surface area contributed by atoms with E-state index in [1.807, 2.05) is 30.3 Å². The molecule has 0 aliphatic heterocycles. The summed E-state index contributed by atoms with van der Waals surface area (Å²) in [5, 5.41) is 12.0. The Labute approximate surface area is 130 Å². The van der Waals surface area contributed by atoms with Crippen LogP contribution in [0.3, 0.4) is 0 Å². The highest BCUT2D eigenvalue weighted by Crippen LogP contribution is 2.21. The molecule has 0 unspecified atom stereocenters. The monoisotopic (exact) mass is 307 g/mol. The maximum atomic E-state index is 13.3. The molecule has 0 atom stereocenters. The lowest BCUT2D eigenvalue weighted by Crippen LogP contribution is -1.93. The van der Waals surface area contributed by atoms with Gasteiger partial charge in [0.2, 0.25) is 5.82 Å². The van der Waals surface area contributed by atoms with Gasteiger partial charge in [-0.05, 0) is 30.3 Å². The van der Waals surface area contributed by atoms with Crippen molar-refractivity contribution in [2.45, 2.75) is 0 Å². The highest BCUT2D eigenvalue weighted by Gasteiger charge is 2.14. The maximum absolute atomic E-state index is 13.3. The van der Waals surface area contributed by atoms with Crippen molar-refractivity contribution in [2.24, 2.45) is 0 Å². The van der Waals surface area contributed by atoms with Crippen LogP contribution in [0.1, 0.15) is 0 Å². The molecule has 0 aliphatic rings. The first-order chi connectivity index (χ1) is 11.3. The Bertz CT molecular complexity index is 948. The van der Waals surface area contributed by atoms with Gasteiger partial charge in [-0.2, -0.15) is 4.98 Å². The molecule has 0 saturated heterocycles. The summed E-state index contributed by atoms with van der Waals surface area (Å²) in [6.07, 6.45) is 1.70. The summed E-state index contributed by atoms with van der Waals surface area (Å²) in [5.74, 6) is 0.164. The molecule has 0 saturated carbocycles. The topological polar surface area (TPSA) is 69.6 Å². The number of nitrogens with zero attached hydrogens (tertiary/aromatic N) is 5. The maximum Gasteiger partial charge on any atom is 0.258 e. The van der Waals surface area contributed by atoms with Gasteiger partial charge in [-0.15, -0.1) is 5.10 Å². The predicted molar refractivity (Wildman–Crippen MR) is 80.0 cm³/mol. The molecule has 0 bridgehead atoms. The SMILES string of the molecule is Fc1cccc(-c2nc(-c3cn(-c4ccccc4)nn3)no2)c1. The van der Waals surface area contributed by atoms with E-state index in [9.17, 15) is 4.39 Å². The minimum atomic E-state index is -0.364. The van der Waals surface area contributed by atoms with Crippen molar-refractivity contribution in [3.05, 3.63) is 66.6 Å². The average Bonchev–Trinajstić information content (AvgIpc) is 3.25. The van der Waals surface area contributed by atoms with E-state index in [0.29, 0.717) is 17.1 Å². The molecule has 0 aliphatic carbocycles. The molecule has 0 amide bonds. The number of halogens is 1. The molecule has 0 spiro atoms. The Morgan fingerprint density at radius 3 is 2.70 bits per heavy atom. The van der Waals surface area contributed by atoms with E-state index in [1.165, 1.54) is 12.1 Å². The standard InChI is InChI=1S/C16H10FN5O/c17-12-6-4-5-11(9-12)16-18-15(20-23-16)14-10-22(21-19-14)13-7-2-1-3-8-13/h1-10H. The molecular weight excluding hydrogens is 297 g/mol. The van der Waals surface area contributed by atoms with E-state index in [0.717, 1.165) is 5.69 Å². The zero-order valence-electron chi connectivity index (χ0n) is 11.8. The molecular formula is C16H10FN5O. The van der Waals surface area contributed by atoms with Crippen LogP contribution in [0.4, 0.5) is 4.39 Å². The fraction of sp³-hybridized carbons (Fsp3) is 0. The van der Waals surface area contributed by atoms with Gasteiger partial charge in [-0.1, -0.05) is 34.6 Å². The van der Waals surface area contributed by atoms with E-state index < -0.39 is 0 Å². The summed E-state index contributed by atoms with van der Waals surface area (Å²) in [6, 6.07) is 15.5. The fourth-order valence-corrected chi connectivity index (χ4v) is 2.14. The van der Waals surface area contributed by atoms with E-state index in [2.05, 4.69) is 20.5 Å². The third-order valence-electron chi connectivity index (χ3n) is 3.24. The first kappa shape index (κ1) is 13.3. The van der Waals surface area contributed by atoms with E-state index in [4.69, 9.17) is 4.52 Å². The second-order valence-corrected chi connectivity index (χ2v) is 4.82. The van der Waals surface area contributed by atoms with Crippen molar-refractivity contribution in [3.8, 4) is 28.7 Å². The van der Waals surface area contributed by atoms with Crippen molar-refractivity contribution >= 4 is 0 Å². The molecule has 6 nitrogen and oxygen atoms in total. The summed E-state index contributed by atoms with van der Waals surface area (Å²) >= 11 is 0. The van der Waals surface area contributed by atoms with Crippen LogP contribution in [-0.4, -0.2) is 25.1 Å². The first-order valence-corrected chi connectivity index (χ1v) is 6.87. The summed E-state index contributed by atoms with van der Waals surface area (Å²) in [6.45, 7) is 0. The lowest BCUT2D eigenvalue weighted by atomic mass is 10.2. The fourth-order valence-electron chi connectivity index (χ4n) is 2.14. The van der Waals surface area contributed by atoms with Gasteiger partial charge in [0.05, 0.1) is 11.9 Å². The van der Waals surface area contributed by atoms with E-state index in [1.54, 1.807) is 23.0 Å². The number of aromatic nitrogens is 5. The van der Waals surface area contributed by atoms with Crippen molar-refractivity contribution in [1.29, 1.82) is 0 Å². The molecule has 4 aromatic rings. The molecule has 112 valence electrons. The van der Waals surface area contributed by atoms with Crippen LogP contribution in [0.25, 0.3) is 28.7 Å². The van der Waals surface area contributed by atoms with Gasteiger partial charge in [0.15, 0.2) is 5.69 Å². The Morgan fingerprint density at radius 1 is 1.00 bits per heavy atom. The summed E-state index contributed by atoms with van der Waals surface area (Å²) in [5.41, 5.74) is 1.86. The van der Waals surface area contributed by atoms with Crippen LogP contribution in [-0.2, 0) is 0 Å². The van der Waals surface area contributed by atoms with Gasteiger partial charge in [-0.3, -0.25) is 0 Å². The second kappa shape index (κ2) is 5.45. The Hall–Kier alpha value is -3.35. The molecule has 0 N–H and O–H groups in total. The molecule has 0 fully saturated rings. The minimum absolute atomic E-state index is 0.230. The Kier molecular flexibility index (Phi) is 3.16. The van der Waals surface area contributed by atoms with Gasteiger partial charge in [-0.25, -0.2) is 9.07 Å². The van der Waals surface area contributed by atoms with Crippen molar-refractivity contribution in [3.63, 3.8) is 0 Å². The number of benzene rings is 2. The van der Waals surface area contributed by atoms with Crippen LogP contribution < -0.4 is 0 Å². The van der Waals surface area contributed by atoms with Crippen molar-refractivity contribution in [1.82, 2.24) is 25.1 Å². The molecule has 2 aromatic carbocycles. The number of rotatable bonds is 3. The molecule has 7 heteroatoms. The second-order valence-electron chi connectivity index (χ2n) is 4.82. The van der Waals surface area contributed by atoms with Gasteiger partial charge in [0.1, 0.15) is 5.82 Å². The van der Waals surface area contributed by atoms with Crippen LogP contribution >= 0.6 is 0 Å². The smallest absolute Gasteiger partial charge is 0.258 e. The van der Waals surface area contributed by atoms with Crippen molar-refractivity contribution in [2.75, 3.05) is 0 Å². The third kappa shape index (κ3) is 2.59. The van der Waals surface area contributed by atoms with Crippen LogP contribution in [0, 0.1) is 5.82 Å². The largest absolute Gasteiger partial charge is 0.334 e. The molecule has 0 radical (unpaired) electrons. The first-order valence-electron chi connectivity index (χ1n) is 6.87. The van der Waals surface area contributed by atoms with E-state index in [-0.39, 0.29) is 11.7 Å². The van der Waals surface area contributed by atoms with Gasteiger partial charge >= 0.3 is 0 Å². The van der Waals surface area contributed by atoms with Crippen molar-refractivity contribution < 1.29 is 8.91 Å². The minimum Gasteiger partial charge on any atom is -0.334 e. The highest BCUT2D eigenvalue weighted by molar-refractivity contribution is 5.56. The number of para-hydroxylation sites is 1. The Morgan fingerprint density at radius 2 is 1.87 bits per heavy atom. The summed E-state index contributed by atoms with van der Waals surface area (Å²) in [7, 11) is 0. The van der Waals surface area contributed by atoms with Gasteiger partial charge in [0.25, 0.3) is 5.89 Å². The normalized spacial score (nSPS) is 10.8. The highest BCUT2D eigenvalue weighted by atomic mass is 19.1. The average molecular weight is 307 g/mol. The zero-order valence-corrected chi connectivity index (χ0v) is 11.8. The molecule has 2 aromatic heterocycles. The van der Waals surface area contributed by atoms with Gasteiger partial charge < -0.3 is 4.52 Å². The quantitative estimate of drug-likeness (QED) is 0.581. The predicted octanol–water partition coefficient (Wildman–Crippen LogP) is 3.12. The summed E-state index contributed by atoms with van der Waals surface area (Å²) in [4.78, 5) is 4.24. The number of hydrogen-bond donors (Lipinski definition) is 0. The van der Waals surface area contributed by atoms with E-state index >= 15 is 0 Å². The van der Waals surface area contributed by atoms with Crippen LogP contribution in [0.5, 0.6) is 0 Å². The third-order valence-corrected chi connectivity index (χ3v) is 3.24. The lowest BCUT2D eigenvalue weighted by Gasteiger charge is -1.96. The Balaban J connectivity index is 1.66. The van der Waals surface area contributed by atoms with Crippen LogP contribution in [0.15, 0.2) is 65.3 Å². The van der Waals surface area contributed by atoms with Crippen LogP contribution in [0.2, 0.25) is 0 Å². The van der Waals surface area contributed by atoms with Gasteiger partial charge in [0, 0.05) is 5.56 Å². The zero-order chi connectivity index (χ0) is 15.6. The lowest BCUT2D eigenvalue weighted by molar-refractivity contribution is 0.432.